The van der Waals surface area contributed by atoms with Gasteiger partial charge in [-0.15, -0.1) is 0 Å². The lowest BCUT2D eigenvalue weighted by Crippen LogP contribution is -2.11. The number of ether oxygens (including phenoxy) is 1. The number of rotatable bonds is 5. The van der Waals surface area contributed by atoms with Crippen molar-refractivity contribution in [3.63, 3.8) is 0 Å². The van der Waals surface area contributed by atoms with Gasteiger partial charge >= 0.3 is 0 Å². The summed E-state index contributed by atoms with van der Waals surface area (Å²) >= 11 is 8.88. The van der Waals surface area contributed by atoms with E-state index in [0.29, 0.717) is 29.1 Å². The molecule has 0 saturated carbocycles. The number of nitrogens with one attached hydrogen (secondary N) is 1. The molecule has 6 heteroatoms. The van der Waals surface area contributed by atoms with Crippen LogP contribution in [-0.2, 0) is 0 Å². The Bertz CT molecular complexity index is 610. The van der Waals surface area contributed by atoms with Crippen LogP contribution < -0.4 is 10.1 Å². The van der Waals surface area contributed by atoms with Crippen LogP contribution in [0.25, 0.3) is 0 Å². The first kappa shape index (κ1) is 15.1. The Labute approximate surface area is 128 Å². The molecule has 0 aliphatic heterocycles. The molecule has 0 aliphatic rings. The average Bonchev–Trinajstić information content (AvgIpc) is 2.40. The lowest BCUT2D eigenvalue weighted by molar-refractivity contribution is 0.329. The van der Waals surface area contributed by atoms with Crippen molar-refractivity contribution in [1.29, 1.82) is 0 Å². The molecule has 0 aliphatic carbocycles. The fourth-order valence-corrected chi connectivity index (χ4v) is 2.32. The summed E-state index contributed by atoms with van der Waals surface area (Å²) in [5.74, 6) is -0.477. The minimum absolute atomic E-state index is 0.0297. The van der Waals surface area contributed by atoms with Crippen LogP contribution in [0.5, 0.6) is 5.75 Å². The van der Waals surface area contributed by atoms with Gasteiger partial charge in [0.15, 0.2) is 0 Å². The predicted molar refractivity (Wildman–Crippen MR) is 79.5 cm³/mol. The fraction of sp³-hybridized carbons (Fsp3) is 0.143. The molecule has 2 aromatic carbocycles. The quantitative estimate of drug-likeness (QED) is 0.605. The van der Waals surface area contributed by atoms with Crippen LogP contribution in [0, 0.1) is 11.6 Å². The molecule has 2 aromatic rings. The number of hydrogen-bond acceptors (Lipinski definition) is 2. The summed E-state index contributed by atoms with van der Waals surface area (Å²) in [5, 5.41) is 3.03. The number of halogens is 4. The Morgan fingerprint density at radius 2 is 2.00 bits per heavy atom. The lowest BCUT2D eigenvalue weighted by Gasteiger charge is -2.10. The molecule has 0 heterocycles. The molecular formula is C14H11BrClF2NO. The van der Waals surface area contributed by atoms with Gasteiger partial charge in [0, 0.05) is 18.3 Å². The SMILES string of the molecule is Fc1cccc(NCCOc2cc(F)c(Cl)cc2Br)c1. The Balaban J connectivity index is 1.86. The third kappa shape index (κ3) is 4.08. The maximum Gasteiger partial charge on any atom is 0.145 e. The summed E-state index contributed by atoms with van der Waals surface area (Å²) in [6.07, 6.45) is 0. The number of benzene rings is 2. The van der Waals surface area contributed by atoms with Gasteiger partial charge in [-0.1, -0.05) is 17.7 Å². The van der Waals surface area contributed by atoms with Gasteiger partial charge in [-0.3, -0.25) is 0 Å². The molecule has 1 N–H and O–H groups in total. The van der Waals surface area contributed by atoms with E-state index in [1.165, 1.54) is 24.3 Å². The molecule has 0 radical (unpaired) electrons. The van der Waals surface area contributed by atoms with Crippen LogP contribution in [0.3, 0.4) is 0 Å². The molecule has 0 saturated heterocycles. The molecule has 20 heavy (non-hydrogen) atoms. The van der Waals surface area contributed by atoms with Crippen LogP contribution in [-0.4, -0.2) is 13.2 Å². The van der Waals surface area contributed by atoms with Crippen molar-refractivity contribution in [1.82, 2.24) is 0 Å². The zero-order chi connectivity index (χ0) is 14.5. The van der Waals surface area contributed by atoms with Gasteiger partial charge in [0.05, 0.1) is 9.50 Å². The molecular weight excluding hydrogens is 352 g/mol. The van der Waals surface area contributed by atoms with Crippen LogP contribution in [0.4, 0.5) is 14.5 Å². The van der Waals surface area contributed by atoms with E-state index in [1.807, 2.05) is 0 Å². The Morgan fingerprint density at radius 1 is 1.20 bits per heavy atom. The maximum absolute atomic E-state index is 13.3. The van der Waals surface area contributed by atoms with Gasteiger partial charge in [-0.25, -0.2) is 8.78 Å². The summed E-state index contributed by atoms with van der Waals surface area (Å²) in [6, 6.07) is 8.78. The largest absolute Gasteiger partial charge is 0.490 e. The van der Waals surface area contributed by atoms with Crippen LogP contribution >= 0.6 is 27.5 Å². The Morgan fingerprint density at radius 3 is 2.75 bits per heavy atom. The molecule has 0 aromatic heterocycles. The minimum Gasteiger partial charge on any atom is -0.490 e. The lowest BCUT2D eigenvalue weighted by atomic mass is 10.3. The highest BCUT2D eigenvalue weighted by atomic mass is 79.9. The van der Waals surface area contributed by atoms with Gasteiger partial charge in [0.25, 0.3) is 0 Å². The van der Waals surface area contributed by atoms with Crippen molar-refractivity contribution in [2.45, 2.75) is 0 Å². The van der Waals surface area contributed by atoms with E-state index >= 15 is 0 Å². The highest BCUT2D eigenvalue weighted by molar-refractivity contribution is 9.10. The van der Waals surface area contributed by atoms with Crippen LogP contribution in [0.15, 0.2) is 40.9 Å². The standard InChI is InChI=1S/C14H11BrClF2NO/c15-11-7-12(16)13(18)8-14(11)20-5-4-19-10-3-1-2-9(17)6-10/h1-3,6-8,19H,4-5H2. The molecule has 0 bridgehead atoms. The van der Waals surface area contributed by atoms with Crippen LogP contribution in [0.2, 0.25) is 5.02 Å². The summed E-state index contributed by atoms with van der Waals surface area (Å²) in [7, 11) is 0. The predicted octanol–water partition coefficient (Wildman–Crippen LogP) is 4.87. The number of hydrogen-bond donors (Lipinski definition) is 1. The molecule has 0 atom stereocenters. The molecule has 0 unspecified atom stereocenters. The molecule has 106 valence electrons. The summed E-state index contributed by atoms with van der Waals surface area (Å²) in [5.41, 5.74) is 0.662. The molecule has 0 fully saturated rings. The third-order valence-electron chi connectivity index (χ3n) is 2.49. The van der Waals surface area contributed by atoms with Gasteiger partial charge in [-0.05, 0) is 40.2 Å². The highest BCUT2D eigenvalue weighted by Crippen LogP contribution is 2.30. The maximum atomic E-state index is 13.3. The highest BCUT2D eigenvalue weighted by Gasteiger charge is 2.07. The van der Waals surface area contributed by atoms with Gasteiger partial charge in [-0.2, -0.15) is 0 Å². The van der Waals surface area contributed by atoms with E-state index in [9.17, 15) is 8.78 Å². The summed E-state index contributed by atoms with van der Waals surface area (Å²) in [4.78, 5) is 0. The normalized spacial score (nSPS) is 10.4. The van der Waals surface area contributed by atoms with E-state index in [2.05, 4.69) is 21.2 Å². The minimum atomic E-state index is -0.539. The molecule has 2 rings (SSSR count). The second-order valence-electron chi connectivity index (χ2n) is 3.98. The first-order valence-electron chi connectivity index (χ1n) is 5.83. The van der Waals surface area contributed by atoms with E-state index in [1.54, 1.807) is 12.1 Å². The van der Waals surface area contributed by atoms with Crippen molar-refractivity contribution in [3.8, 4) is 5.75 Å². The van der Waals surface area contributed by atoms with E-state index in [4.69, 9.17) is 16.3 Å². The van der Waals surface area contributed by atoms with Crippen molar-refractivity contribution in [2.75, 3.05) is 18.5 Å². The monoisotopic (exact) mass is 361 g/mol. The van der Waals surface area contributed by atoms with Crippen molar-refractivity contribution < 1.29 is 13.5 Å². The molecule has 2 nitrogen and oxygen atoms in total. The van der Waals surface area contributed by atoms with Crippen molar-refractivity contribution in [3.05, 3.63) is 57.5 Å². The first-order chi connectivity index (χ1) is 9.56. The van der Waals surface area contributed by atoms with Crippen molar-refractivity contribution >= 4 is 33.2 Å². The van der Waals surface area contributed by atoms with Gasteiger partial charge in [0.1, 0.15) is 24.0 Å². The Hall–Kier alpha value is -1.33. The van der Waals surface area contributed by atoms with Crippen LogP contribution in [0.1, 0.15) is 0 Å². The van der Waals surface area contributed by atoms with Gasteiger partial charge in [0.2, 0.25) is 0 Å². The fourth-order valence-electron chi connectivity index (χ4n) is 1.57. The summed E-state index contributed by atoms with van der Waals surface area (Å²) in [6.45, 7) is 0.760. The number of anilines is 1. The third-order valence-corrected chi connectivity index (χ3v) is 3.40. The Kier molecular flexibility index (Phi) is 5.20. The zero-order valence-electron chi connectivity index (χ0n) is 10.3. The van der Waals surface area contributed by atoms with E-state index in [0.717, 1.165) is 0 Å². The second kappa shape index (κ2) is 6.90. The molecule has 0 spiro atoms. The first-order valence-corrected chi connectivity index (χ1v) is 7.00. The summed E-state index contributed by atoms with van der Waals surface area (Å²) < 4.78 is 32.2. The van der Waals surface area contributed by atoms with E-state index in [-0.39, 0.29) is 10.8 Å². The average molecular weight is 363 g/mol. The zero-order valence-corrected chi connectivity index (χ0v) is 12.6. The second-order valence-corrected chi connectivity index (χ2v) is 5.24. The van der Waals surface area contributed by atoms with E-state index < -0.39 is 5.82 Å². The van der Waals surface area contributed by atoms with Crippen molar-refractivity contribution in [2.24, 2.45) is 0 Å². The smallest absolute Gasteiger partial charge is 0.145 e. The van der Waals surface area contributed by atoms with Gasteiger partial charge < -0.3 is 10.1 Å². The molecule has 0 amide bonds. The topological polar surface area (TPSA) is 21.3 Å².